The van der Waals surface area contributed by atoms with Gasteiger partial charge >= 0.3 is 5.97 Å². The molecule has 1 saturated heterocycles. The molecule has 1 rings (SSSR count). The monoisotopic (exact) mass is 1260 g/mol. The van der Waals surface area contributed by atoms with Crippen LogP contribution < -0.4 is 21.3 Å². The Morgan fingerprint density at radius 3 is 1.38 bits per heavy atom. The van der Waals surface area contributed by atoms with Gasteiger partial charge < -0.3 is 60.3 Å². The Bertz CT molecular complexity index is 2520. The van der Waals surface area contributed by atoms with Crippen LogP contribution in [0, 0.1) is 41.4 Å². The zero-order valence-corrected chi connectivity index (χ0v) is 57.8. The lowest BCUT2D eigenvalue weighted by Gasteiger charge is -2.42. The van der Waals surface area contributed by atoms with Crippen molar-refractivity contribution in [3.63, 3.8) is 0 Å². The molecule has 89 heavy (non-hydrogen) atoms. The van der Waals surface area contributed by atoms with Gasteiger partial charge in [-0.1, -0.05) is 96.9 Å². The van der Waals surface area contributed by atoms with E-state index in [-0.39, 0.29) is 68.7 Å². The van der Waals surface area contributed by atoms with Crippen molar-refractivity contribution in [2.45, 2.75) is 223 Å². The second-order valence-electron chi connectivity index (χ2n) is 26.6. The first-order valence-electron chi connectivity index (χ1n) is 31.4. The average molecular weight is 1260 g/mol. The fraction of sp³-hybridized carbons (Fsp3) is 0.794. The first-order valence-corrected chi connectivity index (χ1v) is 31.4. The van der Waals surface area contributed by atoms with Crippen LogP contribution in [-0.2, 0) is 67.1 Å². The largest absolute Gasteiger partial charge is 0.459 e. The normalized spacial score (nSPS) is 25.9. The van der Waals surface area contributed by atoms with E-state index in [9.17, 15) is 43.2 Å². The molecule has 11 amide bonds. The highest BCUT2D eigenvalue weighted by Gasteiger charge is 2.47. The van der Waals surface area contributed by atoms with E-state index in [1.807, 2.05) is 55.4 Å². The third-order valence-electron chi connectivity index (χ3n) is 16.4. The van der Waals surface area contributed by atoms with Crippen molar-refractivity contribution in [3.8, 4) is 0 Å². The smallest absolute Gasteiger partial charge is 0.303 e. The Morgan fingerprint density at radius 2 is 0.933 bits per heavy atom. The number of rotatable bonds is 17. The number of carbonyl (C=O) groups is 12. The molecule has 0 aromatic rings. The molecular weight excluding hydrogens is 1150 g/mol. The van der Waals surface area contributed by atoms with Gasteiger partial charge in [-0.2, -0.15) is 0 Å². The van der Waals surface area contributed by atoms with Gasteiger partial charge in [0, 0.05) is 56.3 Å². The predicted molar refractivity (Wildman–Crippen MR) is 336 cm³/mol. The van der Waals surface area contributed by atoms with E-state index in [0.717, 1.165) is 16.7 Å². The van der Waals surface area contributed by atoms with Gasteiger partial charge in [0.1, 0.15) is 66.5 Å². The van der Waals surface area contributed by atoms with Gasteiger partial charge in [-0.25, -0.2) is 9.79 Å². The topological polar surface area (TPSA) is 314 Å². The molecule has 1 aliphatic rings. The minimum Gasteiger partial charge on any atom is -0.459 e. The highest BCUT2D eigenvalue weighted by Crippen LogP contribution is 2.27. The molecule has 0 aliphatic carbocycles. The SMILES string of the molecule is CC[C@@H]1NC(=O)C([C@H](OC(C)=O)[C@H](C)CCN=C=O)N(C)C(=O)[C@H](C(C)C)N(C)C(=O)[C@H](CC(C)C)N(C)C(=O)[C@H](CC(C)C)N(C)C(=O)[C@@H](C)NC(=O)[C@H](C)NC(=O)[C@H](CC(C)C)N(C)C(=O)[C@H](C(C)C)NC(=O)[C@H](CC(C)C)N(C)C(=O)CN(C)C1=O. The minimum absolute atomic E-state index is 0.0489. The highest BCUT2D eigenvalue weighted by atomic mass is 16.5. The number of nitrogens with zero attached hydrogens (tertiary/aromatic N) is 8. The summed E-state index contributed by atoms with van der Waals surface area (Å²) in [5.41, 5.74) is 0. The Balaban J connectivity index is 4.45. The third kappa shape index (κ3) is 23.1. The van der Waals surface area contributed by atoms with Gasteiger partial charge in [-0.05, 0) is 93.8 Å². The number of likely N-dealkylation sites (N-methyl/N-ethyl adjacent to an activating group) is 7. The van der Waals surface area contributed by atoms with Crippen LogP contribution in [-0.4, -0.2) is 240 Å². The zero-order chi connectivity index (χ0) is 69.0. The summed E-state index contributed by atoms with van der Waals surface area (Å²) in [4.78, 5) is 197. The van der Waals surface area contributed by atoms with Crippen LogP contribution >= 0.6 is 0 Å². The second-order valence-corrected chi connectivity index (χ2v) is 26.6. The van der Waals surface area contributed by atoms with Gasteiger partial charge in [0.2, 0.25) is 71.1 Å². The molecule has 1 unspecified atom stereocenters. The molecule has 506 valence electrons. The number of esters is 1. The van der Waals surface area contributed by atoms with Crippen LogP contribution in [0.4, 0.5) is 0 Å². The zero-order valence-electron chi connectivity index (χ0n) is 57.8. The Hall–Kier alpha value is -6.98. The molecule has 0 spiro atoms. The third-order valence-corrected chi connectivity index (χ3v) is 16.4. The van der Waals surface area contributed by atoms with Crippen molar-refractivity contribution in [1.29, 1.82) is 0 Å². The van der Waals surface area contributed by atoms with Crippen LogP contribution in [0.1, 0.15) is 156 Å². The van der Waals surface area contributed by atoms with Crippen LogP contribution in [0.25, 0.3) is 0 Å². The van der Waals surface area contributed by atoms with Gasteiger partial charge in [-0.15, -0.1) is 0 Å². The molecule has 12 atom stereocenters. The van der Waals surface area contributed by atoms with Crippen LogP contribution in [0.5, 0.6) is 0 Å². The quantitative estimate of drug-likeness (QED) is 0.0925. The van der Waals surface area contributed by atoms with E-state index >= 15 is 19.2 Å². The molecule has 0 aromatic carbocycles. The minimum atomic E-state index is -1.71. The molecule has 0 radical (unpaired) electrons. The summed E-state index contributed by atoms with van der Waals surface area (Å²) in [6.07, 6.45) is 0.509. The summed E-state index contributed by atoms with van der Waals surface area (Å²) >= 11 is 0. The number of aliphatic imine (C=N–C) groups is 1. The molecule has 0 saturated carbocycles. The molecule has 4 N–H and O–H groups in total. The molecule has 0 aromatic heterocycles. The summed E-state index contributed by atoms with van der Waals surface area (Å²) in [6.45, 7) is 28.0. The summed E-state index contributed by atoms with van der Waals surface area (Å²) in [5, 5.41) is 10.9. The summed E-state index contributed by atoms with van der Waals surface area (Å²) in [6, 6.07) is -12.9. The number of carbonyl (C=O) groups excluding carboxylic acids is 13. The number of hydrogen-bond donors (Lipinski definition) is 4. The van der Waals surface area contributed by atoms with Crippen LogP contribution in [0.2, 0.25) is 0 Å². The Labute approximate surface area is 529 Å². The second kappa shape index (κ2) is 36.6. The molecule has 1 aliphatic heterocycles. The lowest BCUT2D eigenvalue weighted by Crippen LogP contribution is -2.64. The lowest BCUT2D eigenvalue weighted by atomic mass is 9.91. The van der Waals surface area contributed by atoms with Gasteiger partial charge in [0.15, 0.2) is 0 Å². The van der Waals surface area contributed by atoms with Gasteiger partial charge in [0.05, 0.1) is 13.1 Å². The van der Waals surface area contributed by atoms with Crippen molar-refractivity contribution in [2.24, 2.45) is 46.4 Å². The van der Waals surface area contributed by atoms with Crippen molar-refractivity contribution in [3.05, 3.63) is 0 Å². The number of isocyanates is 1. The maximum atomic E-state index is 15.4. The number of hydrogen-bond acceptors (Lipinski definition) is 15. The molecule has 26 nitrogen and oxygen atoms in total. The maximum absolute atomic E-state index is 15.4. The fourth-order valence-corrected chi connectivity index (χ4v) is 11.0. The number of amides is 11. The van der Waals surface area contributed by atoms with Gasteiger partial charge in [0.25, 0.3) is 0 Å². The van der Waals surface area contributed by atoms with Gasteiger partial charge in [-0.3, -0.25) is 57.5 Å². The van der Waals surface area contributed by atoms with Crippen molar-refractivity contribution >= 4 is 77.0 Å². The highest BCUT2D eigenvalue weighted by molar-refractivity contribution is 5.99. The summed E-state index contributed by atoms with van der Waals surface area (Å²) in [5.74, 6) is -11.4. The maximum Gasteiger partial charge on any atom is 0.303 e. The Kier molecular flexibility index (Phi) is 32.9. The molecule has 26 heteroatoms. The molecule has 0 bridgehead atoms. The summed E-state index contributed by atoms with van der Waals surface area (Å²) in [7, 11) is 9.68. The number of nitrogens with one attached hydrogen (secondary N) is 4. The first-order chi connectivity index (χ1) is 41.1. The van der Waals surface area contributed by atoms with Crippen molar-refractivity contribution in [2.75, 3.05) is 62.4 Å². The van der Waals surface area contributed by atoms with E-state index in [2.05, 4.69) is 26.3 Å². The fourth-order valence-electron chi connectivity index (χ4n) is 11.0. The van der Waals surface area contributed by atoms with Crippen LogP contribution in [0.3, 0.4) is 0 Å². The van der Waals surface area contributed by atoms with E-state index < -0.39 is 162 Å². The van der Waals surface area contributed by atoms with E-state index in [0.29, 0.717) is 0 Å². The standard InChI is InChI=1S/C63H110N12O14/c1-25-44-59(84)69(18)32-49(78)70(19)45(28-34(2)3)56(81)68-50(38(10)11)62(87)71(20)46(29-35(4)5)55(80)65-41(15)54(79)66-42(16)58(83)72(21)47(30-36(6)7)60(85)73(22)48(31-37(8)9)61(86)74(23)51(39(12)13)63(88)75(24)52(57(82)67-44)53(89-43(17)77)40(14)26-27-64-33-76/h34-42,44-48,50-53H,25-32H2,1-24H3,(H,65,80)(H,66,79)(H,67,82)(H,68,81)/t40-,41+,42-,44+,45+,46+,47+,48+,50+,51+,52?,53-/m1/s1. The average Bonchev–Trinajstić information content (AvgIpc) is 0.955. The van der Waals surface area contributed by atoms with Crippen molar-refractivity contribution < 1.29 is 67.1 Å². The van der Waals surface area contributed by atoms with Crippen molar-refractivity contribution in [1.82, 2.24) is 55.6 Å². The van der Waals surface area contributed by atoms with E-state index in [1.54, 1.807) is 41.5 Å². The predicted octanol–water partition coefficient (Wildman–Crippen LogP) is 2.60. The molecule has 1 heterocycles. The first kappa shape index (κ1) is 80.0. The molecular formula is C63H110N12O14. The van der Waals surface area contributed by atoms with Crippen LogP contribution in [0.15, 0.2) is 4.99 Å². The van der Waals surface area contributed by atoms with E-state index in [4.69, 9.17) is 4.74 Å². The van der Waals surface area contributed by atoms with E-state index in [1.165, 1.54) is 93.8 Å². The lowest BCUT2D eigenvalue weighted by molar-refractivity contribution is -0.164. The summed E-state index contributed by atoms with van der Waals surface area (Å²) < 4.78 is 5.86. The Morgan fingerprint density at radius 1 is 0.506 bits per heavy atom. The molecule has 1 fully saturated rings. The number of ether oxygens (including phenoxy) is 1.